The van der Waals surface area contributed by atoms with Gasteiger partial charge in [0.2, 0.25) is 0 Å². The quantitative estimate of drug-likeness (QED) is 0.415. The molecule has 0 amide bonds. The van der Waals surface area contributed by atoms with Gasteiger partial charge in [-0.1, -0.05) is 5.92 Å². The van der Waals surface area contributed by atoms with E-state index in [0.717, 1.165) is 25.7 Å². The van der Waals surface area contributed by atoms with Crippen molar-refractivity contribution in [3.63, 3.8) is 0 Å². The normalized spacial score (nSPS) is 22.9. The van der Waals surface area contributed by atoms with Gasteiger partial charge in [0, 0.05) is 11.8 Å². The fourth-order valence-electron chi connectivity index (χ4n) is 2.10. The van der Waals surface area contributed by atoms with Crippen LogP contribution in [0.15, 0.2) is 0 Å². The van der Waals surface area contributed by atoms with Gasteiger partial charge in [-0.15, -0.1) is 0 Å². The molecule has 4 heteroatoms. The number of carbonyl (C=O) groups excluding carboxylic acids is 2. The van der Waals surface area contributed by atoms with E-state index in [9.17, 15) is 9.59 Å². The maximum absolute atomic E-state index is 11.5. The van der Waals surface area contributed by atoms with Crippen molar-refractivity contribution in [3.05, 3.63) is 0 Å². The summed E-state index contributed by atoms with van der Waals surface area (Å²) in [6, 6.07) is 0. The lowest BCUT2D eigenvalue weighted by Gasteiger charge is -2.23. The highest BCUT2D eigenvalue weighted by Gasteiger charge is 2.26. The molecule has 0 saturated heterocycles. The van der Waals surface area contributed by atoms with Gasteiger partial charge in [-0.2, -0.15) is 0 Å². The predicted octanol–water partition coefficient (Wildman–Crippen LogP) is 2.31. The minimum Gasteiger partial charge on any atom is -0.469 e. The Hall–Kier alpha value is -1.50. The Morgan fingerprint density at radius 1 is 1.11 bits per heavy atom. The molecule has 0 aromatic carbocycles. The number of rotatable bonds is 1. The van der Waals surface area contributed by atoms with Crippen molar-refractivity contribution in [2.45, 2.75) is 52.1 Å². The second kappa shape index (κ2) is 6.60. The van der Waals surface area contributed by atoms with Gasteiger partial charge < -0.3 is 9.47 Å². The first-order valence-electron chi connectivity index (χ1n) is 6.64. The van der Waals surface area contributed by atoms with E-state index < -0.39 is 11.6 Å². The summed E-state index contributed by atoms with van der Waals surface area (Å²) in [5, 5.41) is 0. The maximum Gasteiger partial charge on any atom is 0.384 e. The zero-order chi connectivity index (χ0) is 14.5. The van der Waals surface area contributed by atoms with Crippen molar-refractivity contribution in [1.29, 1.82) is 0 Å². The number of esters is 2. The Bertz CT molecular complexity index is 387. The van der Waals surface area contributed by atoms with E-state index in [1.807, 2.05) is 20.8 Å². The van der Waals surface area contributed by atoms with Crippen molar-refractivity contribution < 1.29 is 19.1 Å². The summed E-state index contributed by atoms with van der Waals surface area (Å²) in [5.74, 6) is 5.03. The zero-order valence-corrected chi connectivity index (χ0v) is 12.1. The summed E-state index contributed by atoms with van der Waals surface area (Å²) in [6.45, 7) is 5.44. The fraction of sp³-hybridized carbons (Fsp3) is 0.733. The van der Waals surface area contributed by atoms with Gasteiger partial charge in [0.05, 0.1) is 13.0 Å². The Kier molecular flexibility index (Phi) is 5.41. The molecule has 0 heterocycles. The molecule has 1 rings (SSSR count). The first-order valence-corrected chi connectivity index (χ1v) is 6.64. The highest BCUT2D eigenvalue weighted by atomic mass is 16.6. The molecule has 0 N–H and O–H groups in total. The van der Waals surface area contributed by atoms with Gasteiger partial charge in [0.15, 0.2) is 0 Å². The van der Waals surface area contributed by atoms with E-state index in [1.165, 1.54) is 7.11 Å². The molecule has 0 bridgehead atoms. The fourth-order valence-corrected chi connectivity index (χ4v) is 2.10. The van der Waals surface area contributed by atoms with Crippen molar-refractivity contribution in [2.24, 2.45) is 11.8 Å². The van der Waals surface area contributed by atoms with E-state index >= 15 is 0 Å². The summed E-state index contributed by atoms with van der Waals surface area (Å²) in [6.07, 6.45) is 3.21. The third-order valence-electron chi connectivity index (χ3n) is 3.04. The van der Waals surface area contributed by atoms with Crippen LogP contribution in [0.3, 0.4) is 0 Å². The molecular weight excluding hydrogens is 244 g/mol. The van der Waals surface area contributed by atoms with Crippen LogP contribution >= 0.6 is 0 Å². The Morgan fingerprint density at radius 3 is 2.16 bits per heavy atom. The third-order valence-corrected chi connectivity index (χ3v) is 3.04. The average Bonchev–Trinajstić information content (AvgIpc) is 2.34. The van der Waals surface area contributed by atoms with Crippen LogP contribution in [0, 0.1) is 23.7 Å². The van der Waals surface area contributed by atoms with Crippen molar-refractivity contribution >= 4 is 11.9 Å². The second-order valence-corrected chi connectivity index (χ2v) is 5.84. The molecule has 4 nitrogen and oxygen atoms in total. The van der Waals surface area contributed by atoms with Crippen LogP contribution in [0.5, 0.6) is 0 Å². The molecule has 1 aliphatic carbocycles. The van der Waals surface area contributed by atoms with Crippen molar-refractivity contribution in [1.82, 2.24) is 0 Å². The number of hydrogen-bond acceptors (Lipinski definition) is 4. The molecule has 1 fully saturated rings. The molecule has 0 spiro atoms. The zero-order valence-electron chi connectivity index (χ0n) is 12.1. The van der Waals surface area contributed by atoms with Gasteiger partial charge in [-0.05, 0) is 46.5 Å². The van der Waals surface area contributed by atoms with E-state index in [-0.39, 0.29) is 17.8 Å². The largest absolute Gasteiger partial charge is 0.469 e. The highest BCUT2D eigenvalue weighted by Crippen LogP contribution is 2.28. The number of hydrogen-bond donors (Lipinski definition) is 0. The first kappa shape index (κ1) is 15.6. The molecular formula is C15H22O4. The summed E-state index contributed by atoms with van der Waals surface area (Å²) in [4.78, 5) is 22.8. The molecule has 0 unspecified atom stereocenters. The van der Waals surface area contributed by atoms with Crippen molar-refractivity contribution in [2.75, 3.05) is 7.11 Å². The van der Waals surface area contributed by atoms with Crippen LogP contribution in [-0.4, -0.2) is 24.6 Å². The Balaban J connectivity index is 2.41. The summed E-state index contributed by atoms with van der Waals surface area (Å²) in [7, 11) is 1.41. The molecule has 1 saturated carbocycles. The molecule has 1 aliphatic rings. The number of methoxy groups -OCH3 is 1. The molecule has 0 radical (unpaired) electrons. The molecule has 0 aliphatic heterocycles. The van der Waals surface area contributed by atoms with Gasteiger partial charge in [0.25, 0.3) is 0 Å². The Labute approximate surface area is 114 Å². The topological polar surface area (TPSA) is 52.6 Å². The minimum atomic E-state index is -0.506. The maximum atomic E-state index is 11.5. The average molecular weight is 266 g/mol. The Morgan fingerprint density at radius 2 is 1.68 bits per heavy atom. The molecule has 106 valence electrons. The number of carbonyl (C=O) groups is 2. The third kappa shape index (κ3) is 5.78. The minimum absolute atomic E-state index is 0.00965. The van der Waals surface area contributed by atoms with Crippen LogP contribution in [0.2, 0.25) is 0 Å². The smallest absolute Gasteiger partial charge is 0.384 e. The van der Waals surface area contributed by atoms with E-state index in [0.29, 0.717) is 0 Å². The summed E-state index contributed by atoms with van der Waals surface area (Å²) in [5.41, 5.74) is -0.506. The SMILES string of the molecule is COC(=O)C1CCC(C#CC(=O)OC(C)(C)C)CC1. The highest BCUT2D eigenvalue weighted by molar-refractivity contribution is 5.88. The van der Waals surface area contributed by atoms with Crippen LogP contribution < -0.4 is 0 Å². The van der Waals surface area contributed by atoms with Crippen LogP contribution in [0.4, 0.5) is 0 Å². The lowest BCUT2D eigenvalue weighted by atomic mass is 9.82. The monoisotopic (exact) mass is 266 g/mol. The van der Waals surface area contributed by atoms with Gasteiger partial charge >= 0.3 is 11.9 Å². The molecule has 0 aromatic rings. The van der Waals surface area contributed by atoms with Crippen LogP contribution in [-0.2, 0) is 19.1 Å². The predicted molar refractivity (Wildman–Crippen MR) is 71.1 cm³/mol. The molecule has 19 heavy (non-hydrogen) atoms. The first-order chi connectivity index (χ1) is 8.81. The van der Waals surface area contributed by atoms with Gasteiger partial charge in [0.1, 0.15) is 5.60 Å². The van der Waals surface area contributed by atoms with Gasteiger partial charge in [-0.25, -0.2) is 4.79 Å². The van der Waals surface area contributed by atoms with E-state index in [4.69, 9.17) is 9.47 Å². The number of ether oxygens (including phenoxy) is 2. The standard InChI is InChI=1S/C15H22O4/c1-15(2,3)19-13(16)10-7-11-5-8-12(9-6-11)14(17)18-4/h11-12H,5-6,8-9H2,1-4H3. The van der Waals surface area contributed by atoms with Crippen LogP contribution in [0.1, 0.15) is 46.5 Å². The molecule has 0 aromatic heterocycles. The van der Waals surface area contributed by atoms with E-state index in [1.54, 1.807) is 0 Å². The van der Waals surface area contributed by atoms with Crippen molar-refractivity contribution in [3.8, 4) is 11.8 Å². The van der Waals surface area contributed by atoms with E-state index in [2.05, 4.69) is 11.8 Å². The van der Waals surface area contributed by atoms with Gasteiger partial charge in [-0.3, -0.25) is 4.79 Å². The second-order valence-electron chi connectivity index (χ2n) is 5.84. The lowest BCUT2D eigenvalue weighted by molar-refractivity contribution is -0.148. The van der Waals surface area contributed by atoms with Crippen LogP contribution in [0.25, 0.3) is 0 Å². The molecule has 0 atom stereocenters. The summed E-state index contributed by atoms with van der Waals surface area (Å²) >= 11 is 0. The summed E-state index contributed by atoms with van der Waals surface area (Å²) < 4.78 is 9.85. The lowest BCUT2D eigenvalue weighted by Crippen LogP contribution is -2.23.